The Labute approximate surface area is 188 Å². The van der Waals surface area contributed by atoms with Crippen LogP contribution in [0.2, 0.25) is 0 Å². The molecule has 2 N–H and O–H groups in total. The Balaban J connectivity index is 1.38. The van der Waals surface area contributed by atoms with Crippen molar-refractivity contribution in [1.82, 2.24) is 4.90 Å². The van der Waals surface area contributed by atoms with Crippen molar-refractivity contribution in [2.45, 2.75) is 25.0 Å². The van der Waals surface area contributed by atoms with Crippen LogP contribution in [0.5, 0.6) is 5.75 Å². The molecule has 0 unspecified atom stereocenters. The number of hydrogen-bond donors (Lipinski definition) is 2. The first-order valence-corrected chi connectivity index (χ1v) is 11.1. The molecule has 3 aromatic carbocycles. The predicted molar refractivity (Wildman–Crippen MR) is 123 cm³/mol. The molecule has 1 saturated heterocycles. The largest absolute Gasteiger partial charge is 0.508 e. The smallest absolute Gasteiger partial charge is 0.347 e. The Bertz CT molecular complexity index is 999. The second kappa shape index (κ2) is 9.98. The molecule has 1 aliphatic heterocycles. The second-order valence-corrected chi connectivity index (χ2v) is 8.43. The molecule has 3 aromatic rings. The lowest BCUT2D eigenvalue weighted by atomic mass is 9.86. The zero-order valence-corrected chi connectivity index (χ0v) is 18.1. The minimum absolute atomic E-state index is 0.0693. The van der Waals surface area contributed by atoms with Crippen LogP contribution in [0.4, 0.5) is 0 Å². The number of carbonyl (C=O) groups is 1. The van der Waals surface area contributed by atoms with E-state index in [1.165, 1.54) is 17.7 Å². The maximum absolute atomic E-state index is 13.2. The van der Waals surface area contributed by atoms with Crippen molar-refractivity contribution in [2.75, 3.05) is 19.7 Å². The van der Waals surface area contributed by atoms with Gasteiger partial charge in [-0.2, -0.15) is 0 Å². The molecule has 5 heteroatoms. The van der Waals surface area contributed by atoms with Crippen LogP contribution in [0.1, 0.15) is 29.5 Å². The van der Waals surface area contributed by atoms with Crippen LogP contribution in [0, 0.1) is 5.92 Å². The standard InChI is InChI=1S/C27H29NO4/c29-25-13-11-24(12-14-25)27(31,23-9-5-2-6-10-23)26(30)32-20-22-15-17-28(18-16-22)19-21-7-3-1-4-8-21/h1-14,22,29,31H,15-20H2/t27-/m0/s1. The van der Waals surface area contributed by atoms with Crippen LogP contribution in [0.25, 0.3) is 0 Å². The van der Waals surface area contributed by atoms with Crippen molar-refractivity contribution in [3.8, 4) is 5.75 Å². The first-order chi connectivity index (χ1) is 15.6. The van der Waals surface area contributed by atoms with Gasteiger partial charge in [-0.25, -0.2) is 4.79 Å². The van der Waals surface area contributed by atoms with E-state index in [-0.39, 0.29) is 18.3 Å². The Morgan fingerprint density at radius 2 is 1.44 bits per heavy atom. The van der Waals surface area contributed by atoms with Gasteiger partial charge in [-0.15, -0.1) is 0 Å². The SMILES string of the molecule is O=C(OCC1CCN(Cc2ccccc2)CC1)[C@](O)(c1ccccc1)c1ccc(O)cc1. The Morgan fingerprint density at radius 3 is 2.06 bits per heavy atom. The highest BCUT2D eigenvalue weighted by atomic mass is 16.5. The summed E-state index contributed by atoms with van der Waals surface area (Å²) in [7, 11) is 0. The van der Waals surface area contributed by atoms with Gasteiger partial charge in [0.05, 0.1) is 6.61 Å². The van der Waals surface area contributed by atoms with E-state index in [9.17, 15) is 15.0 Å². The van der Waals surface area contributed by atoms with Crippen molar-refractivity contribution in [3.63, 3.8) is 0 Å². The number of piperidine rings is 1. The number of aromatic hydroxyl groups is 1. The molecular weight excluding hydrogens is 402 g/mol. The van der Waals surface area contributed by atoms with Gasteiger partial charge in [0, 0.05) is 6.54 Å². The molecule has 5 nitrogen and oxygen atoms in total. The van der Waals surface area contributed by atoms with E-state index in [1.807, 2.05) is 12.1 Å². The number of nitrogens with zero attached hydrogens (tertiary/aromatic N) is 1. The van der Waals surface area contributed by atoms with E-state index in [2.05, 4.69) is 29.2 Å². The summed E-state index contributed by atoms with van der Waals surface area (Å²) >= 11 is 0. The number of phenols is 1. The molecule has 0 bridgehead atoms. The molecule has 4 rings (SSSR count). The van der Waals surface area contributed by atoms with E-state index < -0.39 is 11.6 Å². The van der Waals surface area contributed by atoms with Gasteiger partial charge >= 0.3 is 5.97 Å². The van der Waals surface area contributed by atoms with Crippen LogP contribution >= 0.6 is 0 Å². The average Bonchev–Trinajstić information content (AvgIpc) is 2.84. The molecule has 0 radical (unpaired) electrons. The summed E-state index contributed by atoms with van der Waals surface area (Å²) < 4.78 is 5.67. The lowest BCUT2D eigenvalue weighted by molar-refractivity contribution is -0.164. The van der Waals surface area contributed by atoms with Crippen LogP contribution in [0.3, 0.4) is 0 Å². The van der Waals surface area contributed by atoms with Gasteiger partial charge in [-0.3, -0.25) is 4.90 Å². The summed E-state index contributed by atoms with van der Waals surface area (Å²) in [5.74, 6) is -0.355. The maximum atomic E-state index is 13.2. The van der Waals surface area contributed by atoms with Crippen LogP contribution in [-0.2, 0) is 21.7 Å². The van der Waals surface area contributed by atoms with Gasteiger partial charge in [0.25, 0.3) is 0 Å². The van der Waals surface area contributed by atoms with Gasteiger partial charge in [0.15, 0.2) is 0 Å². The second-order valence-electron chi connectivity index (χ2n) is 8.43. The quantitative estimate of drug-likeness (QED) is 0.552. The first-order valence-electron chi connectivity index (χ1n) is 11.1. The number of hydrogen-bond acceptors (Lipinski definition) is 5. The van der Waals surface area contributed by atoms with Crippen LogP contribution in [-0.4, -0.2) is 40.8 Å². The summed E-state index contributed by atoms with van der Waals surface area (Å²) in [5.41, 5.74) is 0.180. The Kier molecular flexibility index (Phi) is 6.88. The van der Waals surface area contributed by atoms with Crippen molar-refractivity contribution < 1.29 is 19.7 Å². The van der Waals surface area contributed by atoms with Crippen LogP contribution in [0.15, 0.2) is 84.9 Å². The minimum atomic E-state index is -1.93. The third-order valence-electron chi connectivity index (χ3n) is 6.18. The molecule has 0 aromatic heterocycles. The predicted octanol–water partition coefficient (Wildman–Crippen LogP) is 4.08. The third-order valence-corrected chi connectivity index (χ3v) is 6.18. The van der Waals surface area contributed by atoms with Gasteiger partial charge in [0.2, 0.25) is 5.60 Å². The normalized spacial score (nSPS) is 16.9. The van der Waals surface area contributed by atoms with Gasteiger partial charge in [-0.1, -0.05) is 72.8 Å². The summed E-state index contributed by atoms with van der Waals surface area (Å²) in [6.45, 7) is 3.13. The highest BCUT2D eigenvalue weighted by Gasteiger charge is 2.42. The van der Waals surface area contributed by atoms with Crippen molar-refractivity contribution in [1.29, 1.82) is 0 Å². The van der Waals surface area contributed by atoms with Gasteiger partial charge in [0.1, 0.15) is 5.75 Å². The molecule has 0 aliphatic carbocycles. The summed E-state index contributed by atoms with van der Waals surface area (Å²) in [4.78, 5) is 15.6. The van der Waals surface area contributed by atoms with E-state index in [0.29, 0.717) is 11.1 Å². The number of esters is 1. The number of phenolic OH excluding ortho intramolecular Hbond substituents is 1. The molecule has 1 atom stereocenters. The molecule has 1 heterocycles. The Morgan fingerprint density at radius 1 is 0.875 bits per heavy atom. The number of carbonyl (C=O) groups excluding carboxylic acids is 1. The maximum Gasteiger partial charge on any atom is 0.347 e. The van der Waals surface area contributed by atoms with E-state index in [4.69, 9.17) is 4.74 Å². The third kappa shape index (κ3) is 5.01. The topological polar surface area (TPSA) is 70.0 Å². The highest BCUT2D eigenvalue weighted by Crippen LogP contribution is 2.32. The van der Waals surface area contributed by atoms with Crippen molar-refractivity contribution in [2.24, 2.45) is 5.92 Å². The molecule has 0 saturated carbocycles. The average molecular weight is 432 g/mol. The zero-order valence-electron chi connectivity index (χ0n) is 18.1. The molecule has 1 aliphatic rings. The van der Waals surface area contributed by atoms with Crippen LogP contribution < -0.4 is 0 Å². The monoisotopic (exact) mass is 431 g/mol. The molecule has 0 amide bonds. The number of aliphatic hydroxyl groups is 1. The summed E-state index contributed by atoms with van der Waals surface area (Å²) in [5, 5.41) is 21.1. The van der Waals surface area contributed by atoms with E-state index >= 15 is 0 Å². The zero-order chi connectivity index (χ0) is 22.4. The molecule has 32 heavy (non-hydrogen) atoms. The fraction of sp³-hybridized carbons (Fsp3) is 0.296. The van der Waals surface area contributed by atoms with Crippen molar-refractivity contribution >= 4 is 5.97 Å². The molecular formula is C27H29NO4. The lowest BCUT2D eigenvalue weighted by Crippen LogP contribution is -2.40. The van der Waals surface area contributed by atoms with Gasteiger partial charge < -0.3 is 14.9 Å². The highest BCUT2D eigenvalue weighted by molar-refractivity contribution is 5.85. The van der Waals surface area contributed by atoms with E-state index in [0.717, 1.165) is 32.5 Å². The number of benzene rings is 3. The van der Waals surface area contributed by atoms with Gasteiger partial charge in [-0.05, 0) is 60.7 Å². The van der Waals surface area contributed by atoms with Crippen molar-refractivity contribution in [3.05, 3.63) is 102 Å². The Hall–Kier alpha value is -3.15. The lowest BCUT2D eigenvalue weighted by Gasteiger charge is -2.33. The number of likely N-dealkylation sites (tertiary alicyclic amines) is 1. The molecule has 166 valence electrons. The fourth-order valence-electron chi connectivity index (χ4n) is 4.24. The summed E-state index contributed by atoms with van der Waals surface area (Å²) in [6, 6.07) is 25.2. The molecule has 0 spiro atoms. The van der Waals surface area contributed by atoms with E-state index in [1.54, 1.807) is 36.4 Å². The molecule has 1 fully saturated rings. The number of rotatable bonds is 7. The number of ether oxygens (including phenoxy) is 1. The summed E-state index contributed by atoms with van der Waals surface area (Å²) in [6.07, 6.45) is 1.90. The fourth-order valence-corrected chi connectivity index (χ4v) is 4.24. The minimum Gasteiger partial charge on any atom is -0.508 e. The first kappa shape index (κ1) is 22.1.